The van der Waals surface area contributed by atoms with E-state index in [1.165, 1.54) is 0 Å². The standard InChI is InChI=1S/C29H30Cl2N4O2/c1-34(2)24-11-9-23(10-12-24)32-28(37)35-14-4-6-20(18-35)29(17-19-5-3-7-21(30)15-19)25-13-8-22(31)16-26(25)33-27(29)36/h3,5,7-13,15-16,20H,4,6,14,17-18H2,1-2H3,(H,32,37)(H,33,36). The second-order valence-electron chi connectivity index (χ2n) is 10.1. The summed E-state index contributed by atoms with van der Waals surface area (Å²) >= 11 is 12.6. The van der Waals surface area contributed by atoms with E-state index in [2.05, 4.69) is 10.6 Å². The molecule has 0 aliphatic carbocycles. The van der Waals surface area contributed by atoms with Gasteiger partial charge in [-0.05, 0) is 84.8 Å². The number of nitrogens with one attached hydrogen (secondary N) is 2. The Bertz CT molecular complexity index is 1330. The normalized spacial score (nSPS) is 20.8. The lowest BCUT2D eigenvalue weighted by atomic mass is 9.65. The summed E-state index contributed by atoms with van der Waals surface area (Å²) in [7, 11) is 3.96. The van der Waals surface area contributed by atoms with Crippen LogP contribution in [0.4, 0.5) is 21.9 Å². The van der Waals surface area contributed by atoms with Crippen molar-refractivity contribution in [2.75, 3.05) is 42.7 Å². The van der Waals surface area contributed by atoms with Crippen LogP contribution in [0.3, 0.4) is 0 Å². The Hall–Kier alpha value is -3.22. The van der Waals surface area contributed by atoms with Gasteiger partial charge < -0.3 is 20.4 Å². The minimum Gasteiger partial charge on any atom is -0.378 e. The average Bonchev–Trinajstić information content (AvgIpc) is 3.15. The first-order chi connectivity index (χ1) is 17.8. The van der Waals surface area contributed by atoms with E-state index in [-0.39, 0.29) is 17.9 Å². The molecule has 0 spiro atoms. The summed E-state index contributed by atoms with van der Waals surface area (Å²) < 4.78 is 0. The van der Waals surface area contributed by atoms with E-state index in [0.717, 1.165) is 41.0 Å². The molecule has 1 fully saturated rings. The van der Waals surface area contributed by atoms with E-state index in [1.807, 2.05) is 84.6 Å². The minimum atomic E-state index is -0.836. The SMILES string of the molecule is CN(C)c1ccc(NC(=O)N2CCCC(C3(Cc4cccc(Cl)c4)C(=O)Nc4cc(Cl)ccc43)C2)cc1. The van der Waals surface area contributed by atoms with Crippen LogP contribution in [0, 0.1) is 5.92 Å². The average molecular weight is 537 g/mol. The quantitative estimate of drug-likeness (QED) is 0.394. The molecule has 2 atom stereocenters. The number of carbonyl (C=O) groups excluding carboxylic acids is 2. The first-order valence-electron chi connectivity index (χ1n) is 12.5. The maximum atomic E-state index is 13.8. The van der Waals surface area contributed by atoms with Gasteiger partial charge in [0.2, 0.25) is 5.91 Å². The molecule has 3 aromatic rings. The molecule has 3 aromatic carbocycles. The highest BCUT2D eigenvalue weighted by molar-refractivity contribution is 6.31. The number of benzene rings is 3. The van der Waals surface area contributed by atoms with Crippen LogP contribution in [-0.4, -0.2) is 44.0 Å². The number of amides is 3. The molecule has 2 N–H and O–H groups in total. The van der Waals surface area contributed by atoms with Crippen molar-refractivity contribution >= 4 is 52.2 Å². The van der Waals surface area contributed by atoms with Gasteiger partial charge in [0.1, 0.15) is 0 Å². The summed E-state index contributed by atoms with van der Waals surface area (Å²) in [6, 6.07) is 20.8. The number of fused-ring (bicyclic) bond motifs is 1. The highest BCUT2D eigenvalue weighted by atomic mass is 35.5. The maximum absolute atomic E-state index is 13.8. The van der Waals surface area contributed by atoms with Crippen LogP contribution in [0.25, 0.3) is 0 Å². The van der Waals surface area contributed by atoms with Crippen molar-refractivity contribution in [3.05, 3.63) is 87.9 Å². The van der Waals surface area contributed by atoms with Gasteiger partial charge in [-0.2, -0.15) is 0 Å². The topological polar surface area (TPSA) is 64.7 Å². The lowest BCUT2D eigenvalue weighted by Crippen LogP contribution is -2.52. The summed E-state index contributed by atoms with van der Waals surface area (Å²) in [5, 5.41) is 7.31. The van der Waals surface area contributed by atoms with Crippen molar-refractivity contribution in [3.63, 3.8) is 0 Å². The molecule has 2 aliphatic rings. The van der Waals surface area contributed by atoms with Gasteiger partial charge in [0, 0.05) is 54.3 Å². The molecule has 2 heterocycles. The van der Waals surface area contributed by atoms with Crippen LogP contribution >= 0.6 is 23.2 Å². The molecule has 6 nitrogen and oxygen atoms in total. The van der Waals surface area contributed by atoms with Gasteiger partial charge in [0.15, 0.2) is 0 Å². The Labute approximate surface area is 227 Å². The molecule has 5 rings (SSSR count). The van der Waals surface area contributed by atoms with Crippen molar-refractivity contribution in [3.8, 4) is 0 Å². The van der Waals surface area contributed by atoms with Crippen molar-refractivity contribution in [1.82, 2.24) is 4.90 Å². The summed E-state index contributed by atoms with van der Waals surface area (Å²) in [4.78, 5) is 30.9. The molecule has 0 saturated carbocycles. The zero-order chi connectivity index (χ0) is 26.2. The molecule has 0 radical (unpaired) electrons. The second kappa shape index (κ2) is 10.3. The molecular formula is C29H30Cl2N4O2. The zero-order valence-corrected chi connectivity index (χ0v) is 22.4. The van der Waals surface area contributed by atoms with E-state index < -0.39 is 5.41 Å². The minimum absolute atomic E-state index is 0.0590. The van der Waals surface area contributed by atoms with E-state index in [0.29, 0.717) is 29.6 Å². The molecule has 8 heteroatoms. The number of likely N-dealkylation sites (tertiary alicyclic amines) is 1. The number of rotatable bonds is 5. The number of piperidine rings is 1. The molecule has 2 aliphatic heterocycles. The number of anilines is 3. The van der Waals surface area contributed by atoms with Crippen LogP contribution in [0.15, 0.2) is 66.7 Å². The van der Waals surface area contributed by atoms with E-state index in [1.54, 1.807) is 6.07 Å². The van der Waals surface area contributed by atoms with Crippen molar-refractivity contribution < 1.29 is 9.59 Å². The molecular weight excluding hydrogens is 507 g/mol. The van der Waals surface area contributed by atoms with Gasteiger partial charge in [0.25, 0.3) is 0 Å². The number of hydrogen-bond acceptors (Lipinski definition) is 3. The van der Waals surface area contributed by atoms with Crippen LogP contribution in [-0.2, 0) is 16.6 Å². The van der Waals surface area contributed by atoms with Crippen LogP contribution in [0.1, 0.15) is 24.0 Å². The van der Waals surface area contributed by atoms with Crippen LogP contribution < -0.4 is 15.5 Å². The molecule has 3 amide bonds. The summed E-state index contributed by atoms with van der Waals surface area (Å²) in [5.41, 5.74) is 3.61. The third kappa shape index (κ3) is 5.00. The predicted molar refractivity (Wildman–Crippen MR) is 151 cm³/mol. The molecule has 2 unspecified atom stereocenters. The second-order valence-corrected chi connectivity index (χ2v) is 11.0. The lowest BCUT2D eigenvalue weighted by molar-refractivity contribution is -0.123. The van der Waals surface area contributed by atoms with E-state index in [4.69, 9.17) is 23.2 Å². The highest BCUT2D eigenvalue weighted by Crippen LogP contribution is 2.49. The number of carbonyl (C=O) groups is 2. The zero-order valence-electron chi connectivity index (χ0n) is 20.9. The summed E-state index contributed by atoms with van der Waals surface area (Å²) in [6.45, 7) is 1.11. The number of hydrogen-bond donors (Lipinski definition) is 2. The third-order valence-corrected chi connectivity index (χ3v) is 8.00. The first-order valence-corrected chi connectivity index (χ1v) is 13.2. The highest BCUT2D eigenvalue weighted by Gasteiger charge is 2.53. The Morgan fingerprint density at radius 3 is 2.57 bits per heavy atom. The molecule has 0 aromatic heterocycles. The van der Waals surface area contributed by atoms with Gasteiger partial charge in [-0.15, -0.1) is 0 Å². The van der Waals surface area contributed by atoms with Crippen molar-refractivity contribution in [2.45, 2.75) is 24.7 Å². The van der Waals surface area contributed by atoms with Crippen LogP contribution in [0.2, 0.25) is 10.0 Å². The number of nitrogens with zero attached hydrogens (tertiary/aromatic N) is 2. The maximum Gasteiger partial charge on any atom is 0.321 e. The Morgan fingerprint density at radius 1 is 1.08 bits per heavy atom. The van der Waals surface area contributed by atoms with E-state index >= 15 is 0 Å². The van der Waals surface area contributed by atoms with Gasteiger partial charge in [0.05, 0.1) is 5.41 Å². The van der Waals surface area contributed by atoms with Gasteiger partial charge in [-0.3, -0.25) is 4.79 Å². The molecule has 192 valence electrons. The van der Waals surface area contributed by atoms with Gasteiger partial charge >= 0.3 is 6.03 Å². The monoisotopic (exact) mass is 536 g/mol. The lowest BCUT2D eigenvalue weighted by Gasteiger charge is -2.42. The molecule has 0 bridgehead atoms. The Morgan fingerprint density at radius 2 is 1.84 bits per heavy atom. The van der Waals surface area contributed by atoms with Gasteiger partial charge in [-0.1, -0.05) is 41.4 Å². The third-order valence-electron chi connectivity index (χ3n) is 7.53. The van der Waals surface area contributed by atoms with Crippen molar-refractivity contribution in [2.24, 2.45) is 5.92 Å². The fourth-order valence-corrected chi connectivity index (χ4v) is 6.05. The predicted octanol–water partition coefficient (Wildman–Crippen LogP) is 6.44. The smallest absolute Gasteiger partial charge is 0.321 e. The molecule has 1 saturated heterocycles. The fourth-order valence-electron chi connectivity index (χ4n) is 5.67. The number of urea groups is 1. The Kier molecular flexibility index (Phi) is 7.06. The first kappa shape index (κ1) is 25.4. The summed E-state index contributed by atoms with van der Waals surface area (Å²) in [5.74, 6) is -0.138. The number of halogens is 2. The van der Waals surface area contributed by atoms with Crippen molar-refractivity contribution in [1.29, 1.82) is 0 Å². The molecule has 37 heavy (non-hydrogen) atoms. The van der Waals surface area contributed by atoms with Gasteiger partial charge in [-0.25, -0.2) is 4.79 Å². The van der Waals surface area contributed by atoms with E-state index in [9.17, 15) is 9.59 Å². The summed E-state index contributed by atoms with van der Waals surface area (Å²) in [6.07, 6.45) is 2.13. The fraction of sp³-hybridized carbons (Fsp3) is 0.310. The largest absolute Gasteiger partial charge is 0.378 e. The Balaban J connectivity index is 1.44. The van der Waals surface area contributed by atoms with Crippen LogP contribution in [0.5, 0.6) is 0 Å².